The van der Waals surface area contributed by atoms with Gasteiger partial charge in [-0.05, 0) is 31.0 Å². The quantitative estimate of drug-likeness (QED) is 0.643. The Hall–Kier alpha value is -3.05. The summed E-state index contributed by atoms with van der Waals surface area (Å²) in [6, 6.07) is 3.95. The van der Waals surface area contributed by atoms with Gasteiger partial charge in [-0.15, -0.1) is 0 Å². The first-order chi connectivity index (χ1) is 16.0. The minimum Gasteiger partial charge on any atom is -0.379 e. The number of carbonyl (C=O) groups excluding carboxylic acids is 2. The van der Waals surface area contributed by atoms with Crippen LogP contribution in [0.1, 0.15) is 31.5 Å². The van der Waals surface area contributed by atoms with Crippen LogP contribution in [0.4, 0.5) is 15.8 Å². The molecule has 1 aromatic carbocycles. The van der Waals surface area contributed by atoms with Crippen molar-refractivity contribution in [1.29, 1.82) is 0 Å². The number of benzene rings is 1. The fourth-order valence-electron chi connectivity index (χ4n) is 4.06. The molecule has 11 heteroatoms. The summed E-state index contributed by atoms with van der Waals surface area (Å²) in [5.41, 5.74) is 0.0127. The van der Waals surface area contributed by atoms with Crippen LogP contribution in [0.3, 0.4) is 0 Å². The van der Waals surface area contributed by atoms with Gasteiger partial charge in [0.05, 0.1) is 18.9 Å². The predicted octanol–water partition coefficient (Wildman–Crippen LogP) is 1.21. The summed E-state index contributed by atoms with van der Waals surface area (Å²) < 4.78 is 22.3. The summed E-state index contributed by atoms with van der Waals surface area (Å²) in [5.74, 6) is -0.660. The summed E-state index contributed by atoms with van der Waals surface area (Å²) in [5, 5.41) is 9.51. The zero-order chi connectivity index (χ0) is 23.2. The smallest absolute Gasteiger partial charge is 0.346 e. The van der Waals surface area contributed by atoms with Crippen molar-refractivity contribution < 1.29 is 18.7 Å². The highest BCUT2D eigenvalue weighted by molar-refractivity contribution is 5.94. The lowest BCUT2D eigenvalue weighted by Crippen LogP contribution is -2.38. The lowest BCUT2D eigenvalue weighted by atomic mass is 10.2. The molecule has 2 aliphatic rings. The van der Waals surface area contributed by atoms with Gasteiger partial charge in [-0.3, -0.25) is 19.1 Å². The van der Waals surface area contributed by atoms with Crippen LogP contribution in [0.5, 0.6) is 0 Å². The number of hydrogen-bond donors (Lipinski definition) is 2. The van der Waals surface area contributed by atoms with Crippen LogP contribution in [-0.4, -0.2) is 63.9 Å². The fourth-order valence-corrected chi connectivity index (χ4v) is 4.06. The van der Waals surface area contributed by atoms with Gasteiger partial charge in [0.1, 0.15) is 18.2 Å². The fraction of sp³-hybridized carbons (Fsp3) is 0.545. The molecular formula is C22H29FN6O4. The van der Waals surface area contributed by atoms with Crippen LogP contribution in [0.25, 0.3) is 0 Å². The van der Waals surface area contributed by atoms with Crippen molar-refractivity contribution in [3.8, 4) is 0 Å². The largest absolute Gasteiger partial charge is 0.379 e. The third-order valence-corrected chi connectivity index (χ3v) is 5.86. The van der Waals surface area contributed by atoms with Crippen LogP contribution in [-0.2, 0) is 33.8 Å². The molecule has 2 aliphatic heterocycles. The van der Waals surface area contributed by atoms with Crippen molar-refractivity contribution in [3.05, 3.63) is 40.3 Å². The van der Waals surface area contributed by atoms with E-state index in [1.807, 2.05) is 0 Å². The average molecular weight is 461 g/mol. The average Bonchev–Trinajstić information content (AvgIpc) is 2.96. The maximum absolute atomic E-state index is 14.2. The normalized spacial score (nSPS) is 16.6. The second-order valence-electron chi connectivity index (χ2n) is 8.31. The maximum Gasteiger partial charge on any atom is 0.346 e. The standard InChI is InChI=1S/C22H29FN6O4/c23-17-6-5-16(14-18(17)25-20(30)7-9-27-10-12-33-13-11-27)24-21(31)15-29-22(32)28-8-3-1-2-4-19(28)26-29/h5-6,14H,1-4,7-13,15H2,(H,24,31)(H,25,30). The van der Waals surface area contributed by atoms with Gasteiger partial charge < -0.3 is 15.4 Å². The number of halogens is 1. The van der Waals surface area contributed by atoms with E-state index >= 15 is 0 Å². The number of carbonyl (C=O) groups is 2. The second-order valence-corrected chi connectivity index (χ2v) is 8.31. The molecule has 1 fully saturated rings. The number of morpholine rings is 1. The third kappa shape index (κ3) is 6.05. The van der Waals surface area contributed by atoms with Crippen molar-refractivity contribution in [1.82, 2.24) is 19.2 Å². The molecular weight excluding hydrogens is 431 g/mol. The molecule has 1 aromatic heterocycles. The number of anilines is 2. The summed E-state index contributed by atoms with van der Waals surface area (Å²) in [6.45, 7) is 3.77. The first-order valence-electron chi connectivity index (χ1n) is 11.4. The molecule has 2 amide bonds. The molecule has 0 atom stereocenters. The van der Waals surface area contributed by atoms with Gasteiger partial charge in [0.15, 0.2) is 0 Å². The van der Waals surface area contributed by atoms with E-state index in [4.69, 9.17) is 4.74 Å². The first-order valence-corrected chi connectivity index (χ1v) is 11.4. The lowest BCUT2D eigenvalue weighted by Gasteiger charge is -2.26. The van der Waals surface area contributed by atoms with E-state index in [1.54, 1.807) is 4.57 Å². The number of aryl methyl sites for hydroxylation is 1. The number of amides is 2. The number of nitrogens with one attached hydrogen (secondary N) is 2. The van der Waals surface area contributed by atoms with Crippen LogP contribution >= 0.6 is 0 Å². The van der Waals surface area contributed by atoms with Crippen molar-refractivity contribution in [2.45, 2.75) is 45.2 Å². The maximum atomic E-state index is 14.2. The van der Waals surface area contributed by atoms with Gasteiger partial charge in [-0.25, -0.2) is 13.9 Å². The molecule has 33 heavy (non-hydrogen) atoms. The minimum absolute atomic E-state index is 0.00866. The molecule has 178 valence electrons. The molecule has 3 heterocycles. The molecule has 0 bridgehead atoms. The van der Waals surface area contributed by atoms with Crippen LogP contribution in [0.2, 0.25) is 0 Å². The summed E-state index contributed by atoms with van der Waals surface area (Å²) in [4.78, 5) is 39.4. The molecule has 0 spiro atoms. The van der Waals surface area contributed by atoms with Gasteiger partial charge >= 0.3 is 5.69 Å². The number of hydrogen-bond acceptors (Lipinski definition) is 6. The summed E-state index contributed by atoms with van der Waals surface area (Å²) in [6.07, 6.45) is 3.89. The number of nitrogens with zero attached hydrogens (tertiary/aromatic N) is 4. The zero-order valence-corrected chi connectivity index (χ0v) is 18.5. The lowest BCUT2D eigenvalue weighted by molar-refractivity contribution is -0.117. The topological polar surface area (TPSA) is 110 Å². The van der Waals surface area contributed by atoms with Crippen LogP contribution in [0, 0.1) is 5.82 Å². The van der Waals surface area contributed by atoms with Crippen molar-refractivity contribution in [2.24, 2.45) is 0 Å². The predicted molar refractivity (Wildman–Crippen MR) is 120 cm³/mol. The molecule has 0 saturated carbocycles. The highest BCUT2D eigenvalue weighted by Gasteiger charge is 2.18. The Bertz CT molecular complexity index is 1060. The van der Waals surface area contributed by atoms with Crippen LogP contribution in [0.15, 0.2) is 23.0 Å². The van der Waals surface area contributed by atoms with Crippen molar-refractivity contribution in [2.75, 3.05) is 43.5 Å². The van der Waals surface area contributed by atoms with E-state index in [2.05, 4.69) is 20.6 Å². The van der Waals surface area contributed by atoms with Crippen LogP contribution < -0.4 is 16.3 Å². The molecule has 2 aromatic rings. The first kappa shape index (κ1) is 23.1. The van der Waals surface area contributed by atoms with E-state index in [0.717, 1.165) is 43.5 Å². The van der Waals surface area contributed by atoms with E-state index in [-0.39, 0.29) is 30.2 Å². The van der Waals surface area contributed by atoms with E-state index in [9.17, 15) is 18.8 Å². The SMILES string of the molecule is O=C(Cn1nc2n(c1=O)CCCCC2)Nc1ccc(F)c(NC(=O)CCN2CCOCC2)c1. The van der Waals surface area contributed by atoms with E-state index in [0.29, 0.717) is 37.8 Å². The van der Waals surface area contributed by atoms with E-state index < -0.39 is 11.7 Å². The molecule has 0 unspecified atom stereocenters. The summed E-state index contributed by atoms with van der Waals surface area (Å²) >= 11 is 0. The number of aromatic nitrogens is 3. The third-order valence-electron chi connectivity index (χ3n) is 5.86. The van der Waals surface area contributed by atoms with Gasteiger partial charge in [0.2, 0.25) is 11.8 Å². The Morgan fingerprint density at radius 2 is 1.88 bits per heavy atom. The highest BCUT2D eigenvalue weighted by atomic mass is 19.1. The Morgan fingerprint density at radius 1 is 1.06 bits per heavy atom. The van der Waals surface area contributed by atoms with Gasteiger partial charge in [0.25, 0.3) is 0 Å². The molecule has 10 nitrogen and oxygen atoms in total. The molecule has 4 rings (SSSR count). The van der Waals surface area contributed by atoms with Crippen molar-refractivity contribution in [3.63, 3.8) is 0 Å². The monoisotopic (exact) mass is 460 g/mol. The van der Waals surface area contributed by atoms with Gasteiger partial charge in [-0.1, -0.05) is 6.42 Å². The summed E-state index contributed by atoms with van der Waals surface area (Å²) in [7, 11) is 0. The minimum atomic E-state index is -0.596. The number of fused-ring (bicyclic) bond motifs is 1. The number of rotatable bonds is 7. The zero-order valence-electron chi connectivity index (χ0n) is 18.5. The Kier molecular flexibility index (Phi) is 7.50. The Labute approximate surface area is 190 Å². The van der Waals surface area contributed by atoms with Gasteiger partial charge in [-0.2, -0.15) is 5.10 Å². The van der Waals surface area contributed by atoms with E-state index in [1.165, 1.54) is 18.2 Å². The van der Waals surface area contributed by atoms with Gasteiger partial charge in [0, 0.05) is 44.7 Å². The number of ether oxygens (including phenoxy) is 1. The molecule has 0 radical (unpaired) electrons. The molecule has 0 aliphatic carbocycles. The second kappa shape index (κ2) is 10.7. The highest BCUT2D eigenvalue weighted by Crippen LogP contribution is 2.20. The molecule has 1 saturated heterocycles. The molecule has 2 N–H and O–H groups in total. The Morgan fingerprint density at radius 3 is 2.70 bits per heavy atom. The Balaban J connectivity index is 1.34. The van der Waals surface area contributed by atoms with Crippen molar-refractivity contribution >= 4 is 23.2 Å².